The van der Waals surface area contributed by atoms with Gasteiger partial charge in [0.2, 0.25) is 0 Å². The lowest BCUT2D eigenvalue weighted by molar-refractivity contribution is 0.329. The normalized spacial score (nSPS) is 13.9. The maximum absolute atomic E-state index is 15.9. The van der Waals surface area contributed by atoms with Gasteiger partial charge in [-0.05, 0) is 69.0 Å². The topological polar surface area (TPSA) is 0 Å². The number of hydrogen-bond acceptors (Lipinski definition) is 0. The zero-order valence-electron chi connectivity index (χ0n) is 23.2. The van der Waals surface area contributed by atoms with Crippen molar-refractivity contribution in [3.05, 3.63) is 107 Å². The molecule has 4 heteroatoms. The Bertz CT molecular complexity index is 1640. The third-order valence-corrected chi connectivity index (χ3v) is 9.25. The smallest absolute Gasteiger partial charge is 0.166 e. The predicted molar refractivity (Wildman–Crippen MR) is 155 cm³/mol. The first kappa shape index (κ1) is 27.2. The van der Waals surface area contributed by atoms with Gasteiger partial charge in [-0.2, -0.15) is 0 Å². The van der Waals surface area contributed by atoms with Crippen molar-refractivity contribution in [2.45, 2.75) is 71.1 Å². The first-order valence-corrected chi connectivity index (χ1v) is 13.8. The van der Waals surface area contributed by atoms with Gasteiger partial charge in [0.05, 0.1) is 0 Å². The Labute approximate surface area is 227 Å². The molecule has 0 bridgehead atoms. The molecule has 0 saturated carbocycles. The van der Waals surface area contributed by atoms with Crippen molar-refractivity contribution >= 4 is 32.3 Å². The number of rotatable bonds is 7. The second-order valence-corrected chi connectivity index (χ2v) is 11.3. The zero-order valence-corrected chi connectivity index (χ0v) is 23.2. The van der Waals surface area contributed by atoms with E-state index in [1.54, 1.807) is 27.7 Å². The highest BCUT2D eigenvalue weighted by molar-refractivity contribution is 6.26. The Hall–Kier alpha value is -3.40. The summed E-state index contributed by atoms with van der Waals surface area (Å²) in [6, 6.07) is 22.3. The maximum Gasteiger partial charge on any atom is 0.166 e. The van der Waals surface area contributed by atoms with Crippen LogP contribution in [0.4, 0.5) is 17.6 Å². The minimum atomic E-state index is -1.28. The van der Waals surface area contributed by atoms with Crippen LogP contribution in [0.1, 0.15) is 70.6 Å². The van der Waals surface area contributed by atoms with E-state index in [2.05, 4.69) is 30.3 Å². The summed E-state index contributed by atoms with van der Waals surface area (Å²) in [6.45, 7) is 8.71. The molecule has 0 fully saturated rings. The molecule has 202 valence electrons. The number of fused-ring (bicyclic) bond motifs is 6. The third kappa shape index (κ3) is 4.11. The van der Waals surface area contributed by atoms with Crippen LogP contribution in [0.25, 0.3) is 32.3 Å². The lowest BCUT2D eigenvalue weighted by atomic mass is 9.71. The van der Waals surface area contributed by atoms with Crippen LogP contribution in [0, 0.1) is 23.3 Å². The fourth-order valence-electron chi connectivity index (χ4n) is 6.28. The van der Waals surface area contributed by atoms with Gasteiger partial charge in [-0.15, -0.1) is 0 Å². The quantitative estimate of drug-likeness (QED) is 0.112. The molecule has 0 aromatic heterocycles. The van der Waals surface area contributed by atoms with Gasteiger partial charge >= 0.3 is 0 Å². The van der Waals surface area contributed by atoms with E-state index in [1.807, 2.05) is 43.3 Å². The lowest BCUT2D eigenvalue weighted by Gasteiger charge is -2.34. The lowest BCUT2D eigenvalue weighted by Crippen LogP contribution is -2.32. The average molecular weight is 531 g/mol. The van der Waals surface area contributed by atoms with Crippen LogP contribution in [-0.4, -0.2) is 0 Å². The van der Waals surface area contributed by atoms with Gasteiger partial charge in [0.15, 0.2) is 23.3 Å². The molecule has 0 N–H and O–H groups in total. The Morgan fingerprint density at radius 1 is 0.487 bits per heavy atom. The molecule has 0 nitrogen and oxygen atoms in total. The first-order valence-electron chi connectivity index (χ1n) is 13.8. The van der Waals surface area contributed by atoms with Crippen LogP contribution in [0.5, 0.6) is 0 Å². The number of benzene rings is 5. The molecule has 0 saturated heterocycles. The van der Waals surface area contributed by atoms with Crippen molar-refractivity contribution in [1.29, 1.82) is 0 Å². The summed E-state index contributed by atoms with van der Waals surface area (Å²) in [7, 11) is 0. The standard InChI is InChI=1S/C35H34F4/c1-6-34(4,7-2)28-30(36)32(38)29(33(39)31(28)37)35(5,8-3)20-21-14-13-19-26-24-16-10-9-15-22(24)23-17-11-12-18-25(23)27(21)26/h9-19H,6-8,20H2,1-5H3. The molecule has 1 atom stereocenters. The predicted octanol–water partition coefficient (Wildman–Crippen LogP) is 10.7. The Morgan fingerprint density at radius 3 is 1.28 bits per heavy atom. The van der Waals surface area contributed by atoms with Crippen molar-refractivity contribution in [3.63, 3.8) is 0 Å². The highest BCUT2D eigenvalue weighted by atomic mass is 19.2. The van der Waals surface area contributed by atoms with Crippen molar-refractivity contribution in [3.8, 4) is 0 Å². The molecule has 0 aliphatic carbocycles. The van der Waals surface area contributed by atoms with E-state index in [9.17, 15) is 0 Å². The van der Waals surface area contributed by atoms with Crippen LogP contribution in [0.3, 0.4) is 0 Å². The van der Waals surface area contributed by atoms with Gasteiger partial charge in [0, 0.05) is 16.5 Å². The Morgan fingerprint density at radius 2 is 0.846 bits per heavy atom. The maximum atomic E-state index is 15.9. The van der Waals surface area contributed by atoms with Crippen LogP contribution in [0.2, 0.25) is 0 Å². The van der Waals surface area contributed by atoms with Gasteiger partial charge < -0.3 is 0 Å². The van der Waals surface area contributed by atoms with Crippen LogP contribution < -0.4 is 0 Å². The Kier molecular flexibility index (Phi) is 6.95. The summed E-state index contributed by atoms with van der Waals surface area (Å²) in [4.78, 5) is 0. The van der Waals surface area contributed by atoms with Crippen molar-refractivity contribution in [1.82, 2.24) is 0 Å². The summed E-state index contributed by atoms with van der Waals surface area (Å²) in [5.41, 5.74) is -2.32. The van der Waals surface area contributed by atoms with E-state index in [0.717, 1.165) is 37.9 Å². The monoisotopic (exact) mass is 530 g/mol. The summed E-state index contributed by atoms with van der Waals surface area (Å²) in [6.07, 6.45) is 1.23. The van der Waals surface area contributed by atoms with Gasteiger partial charge in [0.1, 0.15) is 0 Å². The van der Waals surface area contributed by atoms with E-state index in [4.69, 9.17) is 0 Å². The molecule has 0 aliphatic heterocycles. The SMILES string of the molecule is CCC(C)(CC)c1c(F)c(F)c(C(C)(CC)Cc2cccc3c4ccccc4c4ccccc4c23)c(F)c1F. The first-order chi connectivity index (χ1) is 18.6. The second kappa shape index (κ2) is 9.97. The van der Waals surface area contributed by atoms with E-state index in [-0.39, 0.29) is 6.42 Å². The van der Waals surface area contributed by atoms with Crippen molar-refractivity contribution in [2.24, 2.45) is 0 Å². The van der Waals surface area contributed by atoms with Crippen LogP contribution in [0.15, 0.2) is 66.7 Å². The summed E-state index contributed by atoms with van der Waals surface area (Å²) in [5.74, 6) is -5.11. The summed E-state index contributed by atoms with van der Waals surface area (Å²) in [5, 5.41) is 6.37. The van der Waals surface area contributed by atoms with Gasteiger partial charge in [-0.3, -0.25) is 0 Å². The number of hydrogen-bond donors (Lipinski definition) is 0. The highest BCUT2D eigenvalue weighted by Gasteiger charge is 2.40. The molecule has 0 spiro atoms. The van der Waals surface area contributed by atoms with E-state index in [1.165, 1.54) is 0 Å². The largest absolute Gasteiger partial charge is 0.203 e. The third-order valence-electron chi connectivity index (χ3n) is 9.25. The minimum absolute atomic E-state index is 0.216. The fourth-order valence-corrected chi connectivity index (χ4v) is 6.28. The molecule has 39 heavy (non-hydrogen) atoms. The molecule has 0 amide bonds. The van der Waals surface area contributed by atoms with Gasteiger partial charge in [0.25, 0.3) is 0 Å². The van der Waals surface area contributed by atoms with E-state index < -0.39 is 45.2 Å². The number of halogens is 4. The summed E-state index contributed by atoms with van der Waals surface area (Å²) >= 11 is 0. The minimum Gasteiger partial charge on any atom is -0.203 e. The van der Waals surface area contributed by atoms with Gasteiger partial charge in [-0.1, -0.05) is 101 Å². The fraction of sp³-hybridized carbons (Fsp3) is 0.314. The molecular formula is C35H34F4. The van der Waals surface area contributed by atoms with Gasteiger partial charge in [-0.25, -0.2) is 17.6 Å². The molecule has 0 heterocycles. The van der Waals surface area contributed by atoms with Crippen molar-refractivity contribution < 1.29 is 17.6 Å². The molecular weight excluding hydrogens is 496 g/mol. The second-order valence-electron chi connectivity index (χ2n) is 11.3. The van der Waals surface area contributed by atoms with Crippen molar-refractivity contribution in [2.75, 3.05) is 0 Å². The molecule has 5 rings (SSSR count). The molecule has 5 aromatic carbocycles. The molecule has 1 unspecified atom stereocenters. The summed E-state index contributed by atoms with van der Waals surface area (Å²) < 4.78 is 63.0. The highest BCUT2D eigenvalue weighted by Crippen LogP contribution is 2.44. The van der Waals surface area contributed by atoms with Crippen LogP contribution in [-0.2, 0) is 17.3 Å². The Balaban J connectivity index is 1.77. The zero-order chi connectivity index (χ0) is 28.1. The molecule has 0 radical (unpaired) electrons. The van der Waals surface area contributed by atoms with E-state index >= 15 is 17.6 Å². The average Bonchev–Trinajstić information content (AvgIpc) is 2.96. The van der Waals surface area contributed by atoms with E-state index in [0.29, 0.717) is 19.3 Å². The van der Waals surface area contributed by atoms with Crippen LogP contribution >= 0.6 is 0 Å². The molecule has 0 aliphatic rings. The molecule has 5 aromatic rings.